The van der Waals surface area contributed by atoms with Gasteiger partial charge in [-0.3, -0.25) is 0 Å². The monoisotopic (exact) mass is 273 g/mol. The van der Waals surface area contributed by atoms with E-state index in [1.54, 1.807) is 12.3 Å². The highest BCUT2D eigenvalue weighted by atomic mass is 16.3. The summed E-state index contributed by atoms with van der Waals surface area (Å²) < 4.78 is 0. The molecule has 0 saturated heterocycles. The standard InChI is InChI=1S/C14H19N5O/c1-19(2)12-5-3-4-11(10-12)17-14-16-7-6-13(18-14)15-8-9-20/h3-7,10,20H,8-9H2,1-2H3,(H2,15,16,17,18). The maximum Gasteiger partial charge on any atom is 0.229 e. The Balaban J connectivity index is 2.11. The Morgan fingerprint density at radius 1 is 1.25 bits per heavy atom. The second-order valence-corrected chi connectivity index (χ2v) is 4.49. The lowest BCUT2D eigenvalue weighted by molar-refractivity contribution is 0.311. The van der Waals surface area contributed by atoms with Gasteiger partial charge in [-0.2, -0.15) is 4.98 Å². The minimum atomic E-state index is 0.0671. The van der Waals surface area contributed by atoms with Crippen molar-refractivity contribution < 1.29 is 5.11 Å². The fourth-order valence-electron chi connectivity index (χ4n) is 1.69. The molecule has 0 radical (unpaired) electrons. The molecule has 0 saturated carbocycles. The first-order chi connectivity index (χ1) is 9.69. The fourth-order valence-corrected chi connectivity index (χ4v) is 1.69. The molecule has 0 aliphatic heterocycles. The lowest BCUT2D eigenvalue weighted by Crippen LogP contribution is -2.09. The molecule has 0 spiro atoms. The first kappa shape index (κ1) is 14.1. The van der Waals surface area contributed by atoms with Crippen LogP contribution < -0.4 is 15.5 Å². The van der Waals surface area contributed by atoms with Crippen molar-refractivity contribution >= 4 is 23.1 Å². The molecule has 1 aromatic carbocycles. The average Bonchev–Trinajstić information content (AvgIpc) is 2.46. The van der Waals surface area contributed by atoms with E-state index in [9.17, 15) is 0 Å². The van der Waals surface area contributed by atoms with E-state index in [1.165, 1.54) is 0 Å². The number of rotatable bonds is 6. The summed E-state index contributed by atoms with van der Waals surface area (Å²) in [6.07, 6.45) is 1.67. The molecule has 0 fully saturated rings. The molecule has 20 heavy (non-hydrogen) atoms. The van der Waals surface area contributed by atoms with Gasteiger partial charge < -0.3 is 20.6 Å². The van der Waals surface area contributed by atoms with Gasteiger partial charge in [-0.05, 0) is 24.3 Å². The maximum absolute atomic E-state index is 8.79. The van der Waals surface area contributed by atoms with Crippen LogP contribution >= 0.6 is 0 Å². The van der Waals surface area contributed by atoms with Crippen LogP contribution in [0, 0.1) is 0 Å². The Morgan fingerprint density at radius 2 is 2.10 bits per heavy atom. The van der Waals surface area contributed by atoms with E-state index in [1.807, 2.05) is 43.3 Å². The number of nitrogens with zero attached hydrogens (tertiary/aromatic N) is 3. The number of benzene rings is 1. The number of hydrogen-bond acceptors (Lipinski definition) is 6. The Labute approximate surface area is 118 Å². The van der Waals surface area contributed by atoms with E-state index in [4.69, 9.17) is 5.11 Å². The van der Waals surface area contributed by atoms with Crippen LogP contribution in [0.25, 0.3) is 0 Å². The van der Waals surface area contributed by atoms with Gasteiger partial charge in [0.05, 0.1) is 6.61 Å². The summed E-state index contributed by atoms with van der Waals surface area (Å²) >= 11 is 0. The predicted octanol–water partition coefficient (Wildman–Crippen LogP) is 1.69. The molecular weight excluding hydrogens is 254 g/mol. The van der Waals surface area contributed by atoms with Crippen LogP contribution in [0.3, 0.4) is 0 Å². The molecule has 6 heteroatoms. The molecule has 0 amide bonds. The molecule has 0 bridgehead atoms. The van der Waals surface area contributed by atoms with Crippen LogP contribution in [-0.4, -0.2) is 42.3 Å². The van der Waals surface area contributed by atoms with E-state index >= 15 is 0 Å². The molecule has 3 N–H and O–H groups in total. The van der Waals surface area contributed by atoms with Gasteiger partial charge in [0.25, 0.3) is 0 Å². The Kier molecular flexibility index (Phi) is 4.73. The van der Waals surface area contributed by atoms with Gasteiger partial charge >= 0.3 is 0 Å². The van der Waals surface area contributed by atoms with Crippen LogP contribution in [0.2, 0.25) is 0 Å². The Hall–Kier alpha value is -2.34. The van der Waals surface area contributed by atoms with Crippen molar-refractivity contribution in [2.75, 3.05) is 42.8 Å². The van der Waals surface area contributed by atoms with Crippen LogP contribution in [0.4, 0.5) is 23.1 Å². The normalized spacial score (nSPS) is 10.2. The number of aliphatic hydroxyl groups excluding tert-OH is 1. The fraction of sp³-hybridized carbons (Fsp3) is 0.286. The highest BCUT2D eigenvalue weighted by Gasteiger charge is 2.01. The topological polar surface area (TPSA) is 73.3 Å². The zero-order valence-corrected chi connectivity index (χ0v) is 11.7. The Morgan fingerprint density at radius 3 is 2.85 bits per heavy atom. The first-order valence-electron chi connectivity index (χ1n) is 6.41. The lowest BCUT2D eigenvalue weighted by Gasteiger charge is -2.14. The smallest absolute Gasteiger partial charge is 0.229 e. The zero-order valence-electron chi connectivity index (χ0n) is 11.7. The van der Waals surface area contributed by atoms with Gasteiger partial charge in [0.1, 0.15) is 5.82 Å². The third-order valence-corrected chi connectivity index (χ3v) is 2.69. The van der Waals surface area contributed by atoms with Gasteiger partial charge in [0, 0.05) is 38.2 Å². The van der Waals surface area contributed by atoms with Crippen molar-refractivity contribution in [3.8, 4) is 0 Å². The van der Waals surface area contributed by atoms with Crippen LogP contribution in [0.5, 0.6) is 0 Å². The molecule has 2 rings (SSSR count). The van der Waals surface area contributed by atoms with Gasteiger partial charge in [0.15, 0.2) is 0 Å². The highest BCUT2D eigenvalue weighted by Crippen LogP contribution is 2.20. The third kappa shape index (κ3) is 3.83. The summed E-state index contributed by atoms with van der Waals surface area (Å²) in [6, 6.07) is 9.76. The molecule has 106 valence electrons. The van der Waals surface area contributed by atoms with Crippen molar-refractivity contribution in [1.29, 1.82) is 0 Å². The van der Waals surface area contributed by atoms with E-state index in [2.05, 4.69) is 20.6 Å². The highest BCUT2D eigenvalue weighted by molar-refractivity contribution is 5.62. The third-order valence-electron chi connectivity index (χ3n) is 2.69. The number of nitrogens with one attached hydrogen (secondary N) is 2. The van der Waals surface area contributed by atoms with Crippen molar-refractivity contribution in [3.63, 3.8) is 0 Å². The molecule has 6 nitrogen and oxygen atoms in total. The number of hydrogen-bond donors (Lipinski definition) is 3. The summed E-state index contributed by atoms with van der Waals surface area (Å²) in [6.45, 7) is 0.532. The maximum atomic E-state index is 8.79. The summed E-state index contributed by atoms with van der Waals surface area (Å²) in [4.78, 5) is 10.5. The molecule has 0 aliphatic rings. The SMILES string of the molecule is CN(C)c1cccc(Nc2nccc(NCCO)n2)c1. The van der Waals surface area contributed by atoms with Crippen molar-refractivity contribution in [3.05, 3.63) is 36.5 Å². The average molecular weight is 273 g/mol. The second kappa shape index (κ2) is 6.72. The largest absolute Gasteiger partial charge is 0.395 e. The van der Waals surface area contributed by atoms with E-state index in [0.717, 1.165) is 11.4 Å². The first-order valence-corrected chi connectivity index (χ1v) is 6.41. The number of aliphatic hydroxyl groups is 1. The van der Waals surface area contributed by atoms with Crippen molar-refractivity contribution in [2.45, 2.75) is 0 Å². The van der Waals surface area contributed by atoms with Crippen molar-refractivity contribution in [2.24, 2.45) is 0 Å². The summed E-state index contributed by atoms with van der Waals surface area (Å²) in [5, 5.41) is 15.0. The zero-order chi connectivity index (χ0) is 14.4. The molecule has 1 aromatic heterocycles. The van der Waals surface area contributed by atoms with Gasteiger partial charge in [0.2, 0.25) is 5.95 Å². The van der Waals surface area contributed by atoms with Gasteiger partial charge in [-0.25, -0.2) is 4.98 Å². The van der Waals surface area contributed by atoms with Crippen molar-refractivity contribution in [1.82, 2.24) is 9.97 Å². The van der Waals surface area contributed by atoms with E-state index < -0.39 is 0 Å². The molecule has 0 unspecified atom stereocenters. The minimum absolute atomic E-state index is 0.0671. The summed E-state index contributed by atoms with van der Waals surface area (Å²) in [7, 11) is 3.99. The quantitative estimate of drug-likeness (QED) is 0.744. The predicted molar refractivity (Wildman–Crippen MR) is 81.7 cm³/mol. The van der Waals surface area contributed by atoms with Crippen LogP contribution in [0.1, 0.15) is 0 Å². The summed E-state index contributed by atoms with van der Waals surface area (Å²) in [5.41, 5.74) is 2.03. The van der Waals surface area contributed by atoms with Gasteiger partial charge in [-0.15, -0.1) is 0 Å². The molecule has 2 aromatic rings. The molecule has 1 heterocycles. The van der Waals surface area contributed by atoms with Gasteiger partial charge in [-0.1, -0.05) is 6.07 Å². The molecular formula is C14H19N5O. The Bertz CT molecular complexity index is 559. The lowest BCUT2D eigenvalue weighted by atomic mass is 10.2. The molecule has 0 aliphatic carbocycles. The van der Waals surface area contributed by atoms with E-state index in [0.29, 0.717) is 18.3 Å². The second-order valence-electron chi connectivity index (χ2n) is 4.49. The number of anilines is 4. The number of aromatic nitrogens is 2. The van der Waals surface area contributed by atoms with Crippen LogP contribution in [-0.2, 0) is 0 Å². The van der Waals surface area contributed by atoms with Crippen LogP contribution in [0.15, 0.2) is 36.5 Å². The molecule has 0 atom stereocenters. The summed E-state index contributed by atoms with van der Waals surface area (Å²) in [5.74, 6) is 1.20. The minimum Gasteiger partial charge on any atom is -0.395 e. The van der Waals surface area contributed by atoms with E-state index in [-0.39, 0.29) is 6.61 Å².